The molecule has 1 aliphatic rings. The van der Waals surface area contributed by atoms with E-state index in [2.05, 4.69) is 16.8 Å². The number of Topliss-reactive ketones (excluding diaryl/α,β-unsaturated/α-hetero) is 1. The molecule has 0 aliphatic carbocycles. The summed E-state index contributed by atoms with van der Waals surface area (Å²) in [5, 5.41) is 9.48. The molecule has 0 N–H and O–H groups in total. The average molecular weight is 477 g/mol. The van der Waals surface area contributed by atoms with E-state index in [1.165, 1.54) is 11.8 Å². The lowest BCUT2D eigenvalue weighted by molar-refractivity contribution is 0.0726. The van der Waals surface area contributed by atoms with Gasteiger partial charge in [-0.15, -0.1) is 16.8 Å². The van der Waals surface area contributed by atoms with Gasteiger partial charge in [0.05, 0.1) is 18.9 Å². The van der Waals surface area contributed by atoms with Crippen LogP contribution >= 0.6 is 11.8 Å². The average Bonchev–Trinajstić information content (AvgIpc) is 3.50. The molecule has 176 valence electrons. The van der Waals surface area contributed by atoms with Gasteiger partial charge in [0.25, 0.3) is 5.91 Å². The van der Waals surface area contributed by atoms with E-state index in [1.54, 1.807) is 37.5 Å². The van der Waals surface area contributed by atoms with Crippen molar-refractivity contribution in [1.82, 2.24) is 19.7 Å². The fraction of sp³-hybridized carbons (Fsp3) is 0.308. The van der Waals surface area contributed by atoms with Gasteiger partial charge in [-0.05, 0) is 55.7 Å². The fourth-order valence-electron chi connectivity index (χ4n) is 4.19. The van der Waals surface area contributed by atoms with Crippen LogP contribution in [0.3, 0.4) is 0 Å². The van der Waals surface area contributed by atoms with E-state index in [1.807, 2.05) is 40.7 Å². The summed E-state index contributed by atoms with van der Waals surface area (Å²) < 4.78 is 7.12. The Morgan fingerprint density at radius 3 is 2.65 bits per heavy atom. The second-order valence-corrected chi connectivity index (χ2v) is 9.09. The van der Waals surface area contributed by atoms with Crippen molar-refractivity contribution in [3.63, 3.8) is 0 Å². The van der Waals surface area contributed by atoms with Crippen LogP contribution in [0.25, 0.3) is 0 Å². The van der Waals surface area contributed by atoms with Crippen molar-refractivity contribution in [2.75, 3.05) is 19.4 Å². The monoisotopic (exact) mass is 476 g/mol. The Morgan fingerprint density at radius 2 is 1.94 bits per heavy atom. The number of hydrogen-bond acceptors (Lipinski definition) is 6. The first-order chi connectivity index (χ1) is 16.5. The summed E-state index contributed by atoms with van der Waals surface area (Å²) >= 11 is 1.35. The summed E-state index contributed by atoms with van der Waals surface area (Å²) in [4.78, 5) is 27.9. The van der Waals surface area contributed by atoms with E-state index in [4.69, 9.17) is 4.74 Å². The molecule has 0 bridgehead atoms. The maximum Gasteiger partial charge on any atom is 0.254 e. The molecular weight excluding hydrogens is 448 g/mol. The molecule has 1 amide bonds. The lowest BCUT2D eigenvalue weighted by Crippen LogP contribution is -2.32. The lowest BCUT2D eigenvalue weighted by atomic mass is 10.1. The van der Waals surface area contributed by atoms with Gasteiger partial charge in [-0.25, -0.2) is 0 Å². The summed E-state index contributed by atoms with van der Waals surface area (Å²) in [6.07, 6.45) is 3.51. The number of carbonyl (C=O) groups excluding carboxylic acids is 2. The number of nitrogens with zero attached hydrogens (tertiary/aromatic N) is 4. The van der Waals surface area contributed by atoms with E-state index in [-0.39, 0.29) is 23.5 Å². The van der Waals surface area contributed by atoms with E-state index < -0.39 is 0 Å². The van der Waals surface area contributed by atoms with Crippen molar-refractivity contribution >= 4 is 23.5 Å². The zero-order chi connectivity index (χ0) is 24.1. The third kappa shape index (κ3) is 4.92. The molecule has 2 aromatic carbocycles. The molecule has 2 heterocycles. The predicted molar refractivity (Wildman–Crippen MR) is 132 cm³/mol. The van der Waals surface area contributed by atoms with Gasteiger partial charge in [0.15, 0.2) is 16.8 Å². The minimum atomic E-state index is -0.161. The number of rotatable bonds is 9. The third-order valence-corrected chi connectivity index (χ3v) is 6.96. The van der Waals surface area contributed by atoms with Gasteiger partial charge in [-0.3, -0.25) is 9.59 Å². The molecule has 34 heavy (non-hydrogen) atoms. The Kier molecular flexibility index (Phi) is 7.47. The Balaban J connectivity index is 1.53. The molecular formula is C26H28N4O3S. The largest absolute Gasteiger partial charge is 0.497 e. The first kappa shape index (κ1) is 23.8. The Labute approximate surface area is 203 Å². The van der Waals surface area contributed by atoms with E-state index in [0.717, 1.165) is 24.2 Å². The summed E-state index contributed by atoms with van der Waals surface area (Å²) in [7, 11) is 1.59. The molecule has 0 radical (unpaired) electrons. The van der Waals surface area contributed by atoms with Crippen molar-refractivity contribution in [2.45, 2.75) is 37.5 Å². The number of allylic oxidation sites excluding steroid dienone is 1. The molecule has 3 aromatic rings. The molecule has 1 fully saturated rings. The number of aromatic nitrogens is 3. The molecule has 7 nitrogen and oxygen atoms in total. The number of ketones is 1. The number of amides is 1. The molecule has 0 spiro atoms. The third-order valence-electron chi connectivity index (χ3n) is 5.99. The predicted octanol–water partition coefficient (Wildman–Crippen LogP) is 4.73. The van der Waals surface area contributed by atoms with Crippen LogP contribution in [0.1, 0.15) is 51.0 Å². The minimum Gasteiger partial charge on any atom is -0.497 e. The molecule has 1 saturated heterocycles. The number of ether oxygens (including phenoxy) is 1. The van der Waals surface area contributed by atoms with Crippen molar-refractivity contribution in [1.29, 1.82) is 0 Å². The fourth-order valence-corrected chi connectivity index (χ4v) is 5.04. The SMILES string of the molecule is C=CCn1c(SCC(=O)c2ccc(OC)cc2)nnc1C1CCCN1C(=O)c1ccccc1C. The van der Waals surface area contributed by atoms with Crippen LogP contribution in [0.4, 0.5) is 0 Å². The molecule has 8 heteroatoms. The topological polar surface area (TPSA) is 77.3 Å². The lowest BCUT2D eigenvalue weighted by Gasteiger charge is -2.25. The summed E-state index contributed by atoms with van der Waals surface area (Å²) in [5.74, 6) is 1.69. The van der Waals surface area contributed by atoms with E-state index in [9.17, 15) is 9.59 Å². The van der Waals surface area contributed by atoms with E-state index in [0.29, 0.717) is 35.1 Å². The number of methoxy groups -OCH3 is 1. The van der Waals surface area contributed by atoms with E-state index >= 15 is 0 Å². The quantitative estimate of drug-likeness (QED) is 0.252. The van der Waals surface area contributed by atoms with Crippen molar-refractivity contribution < 1.29 is 14.3 Å². The number of benzene rings is 2. The maximum absolute atomic E-state index is 13.3. The molecule has 1 atom stereocenters. The highest BCUT2D eigenvalue weighted by atomic mass is 32.2. The second kappa shape index (κ2) is 10.7. The Bertz CT molecular complexity index is 1190. The standard InChI is InChI=1S/C26H28N4O3S/c1-4-15-30-24(22-10-7-16-29(22)25(32)21-9-6-5-8-18(21)2)27-28-26(30)34-17-23(31)19-11-13-20(33-3)14-12-19/h4-6,8-9,11-14,22H,1,7,10,15-17H2,2-3H3. The second-order valence-electron chi connectivity index (χ2n) is 8.15. The van der Waals surface area contributed by atoms with Crippen LogP contribution in [-0.4, -0.2) is 50.8 Å². The van der Waals surface area contributed by atoms with Gasteiger partial charge in [0.1, 0.15) is 5.75 Å². The highest BCUT2D eigenvalue weighted by Gasteiger charge is 2.35. The van der Waals surface area contributed by atoms with Crippen LogP contribution < -0.4 is 4.74 Å². The van der Waals surface area contributed by atoms with Crippen LogP contribution in [0.5, 0.6) is 5.75 Å². The van der Waals surface area contributed by atoms with Crippen LogP contribution in [0, 0.1) is 6.92 Å². The summed E-state index contributed by atoms with van der Waals surface area (Å²) in [5.41, 5.74) is 2.29. The van der Waals surface area contributed by atoms with Crippen molar-refractivity contribution in [2.24, 2.45) is 0 Å². The molecule has 4 rings (SSSR count). The highest BCUT2D eigenvalue weighted by molar-refractivity contribution is 7.99. The smallest absolute Gasteiger partial charge is 0.254 e. The first-order valence-electron chi connectivity index (χ1n) is 11.2. The Morgan fingerprint density at radius 1 is 1.18 bits per heavy atom. The number of aryl methyl sites for hydroxylation is 1. The highest BCUT2D eigenvalue weighted by Crippen LogP contribution is 2.34. The van der Waals surface area contributed by atoms with Crippen LogP contribution in [0.15, 0.2) is 66.3 Å². The molecule has 1 unspecified atom stereocenters. The maximum atomic E-state index is 13.3. The minimum absolute atomic E-state index is 0.000389. The van der Waals surface area contributed by atoms with Gasteiger partial charge in [-0.2, -0.15) is 0 Å². The van der Waals surface area contributed by atoms with Crippen LogP contribution in [0.2, 0.25) is 0 Å². The Hall–Kier alpha value is -3.39. The zero-order valence-corrected chi connectivity index (χ0v) is 20.3. The first-order valence-corrected chi connectivity index (χ1v) is 12.2. The van der Waals surface area contributed by atoms with Gasteiger partial charge >= 0.3 is 0 Å². The van der Waals surface area contributed by atoms with Gasteiger partial charge in [0, 0.05) is 24.2 Å². The van der Waals surface area contributed by atoms with Gasteiger partial charge in [0.2, 0.25) is 0 Å². The molecule has 1 aliphatic heterocycles. The molecule has 1 aromatic heterocycles. The number of likely N-dealkylation sites (tertiary alicyclic amines) is 1. The molecule has 0 saturated carbocycles. The number of carbonyl (C=O) groups is 2. The van der Waals surface area contributed by atoms with Gasteiger partial charge in [-0.1, -0.05) is 36.0 Å². The number of hydrogen-bond donors (Lipinski definition) is 0. The van der Waals surface area contributed by atoms with Gasteiger partial charge < -0.3 is 14.2 Å². The normalized spacial score (nSPS) is 15.4. The van der Waals surface area contributed by atoms with Crippen molar-refractivity contribution in [3.8, 4) is 5.75 Å². The summed E-state index contributed by atoms with van der Waals surface area (Å²) in [6.45, 7) is 7.01. The zero-order valence-electron chi connectivity index (χ0n) is 19.4. The number of thioether (sulfide) groups is 1. The van der Waals surface area contributed by atoms with Crippen molar-refractivity contribution in [3.05, 3.63) is 83.7 Å². The summed E-state index contributed by atoms with van der Waals surface area (Å²) in [6, 6.07) is 14.6. The van der Waals surface area contributed by atoms with Crippen LogP contribution in [-0.2, 0) is 6.54 Å².